The maximum absolute atomic E-state index is 13.6. The number of aliphatic hydroxyl groups is 1. The van der Waals surface area contributed by atoms with E-state index in [1.165, 1.54) is 4.90 Å². The Balaban J connectivity index is 1.51. The number of benzene rings is 3. The van der Waals surface area contributed by atoms with E-state index in [9.17, 15) is 14.7 Å². The summed E-state index contributed by atoms with van der Waals surface area (Å²) < 4.78 is 22.9. The number of Topliss-reactive ketones (excluding diaryl/α,β-unsaturated/α-hetero) is 1. The Morgan fingerprint density at radius 2 is 1.73 bits per heavy atom. The van der Waals surface area contributed by atoms with Crippen molar-refractivity contribution in [3.8, 4) is 17.2 Å². The zero-order valence-electron chi connectivity index (χ0n) is 25.2. The highest BCUT2D eigenvalue weighted by Gasteiger charge is 2.46. The fourth-order valence-electron chi connectivity index (χ4n) is 5.50. The van der Waals surface area contributed by atoms with Crippen molar-refractivity contribution in [2.45, 2.75) is 19.6 Å². The van der Waals surface area contributed by atoms with E-state index >= 15 is 0 Å². The molecule has 1 unspecified atom stereocenters. The molecule has 2 fully saturated rings. The Hall–Kier alpha value is -4.60. The molecule has 9 heteroatoms. The second kappa shape index (κ2) is 14.2. The number of likely N-dealkylation sites (tertiary alicyclic amines) is 1. The van der Waals surface area contributed by atoms with E-state index in [1.807, 2.05) is 43.3 Å². The summed E-state index contributed by atoms with van der Waals surface area (Å²) >= 11 is 0. The molecule has 5 rings (SSSR count). The molecule has 1 atom stereocenters. The maximum atomic E-state index is 13.6. The number of ketones is 1. The molecule has 9 nitrogen and oxygen atoms in total. The summed E-state index contributed by atoms with van der Waals surface area (Å²) in [5, 5.41) is 11.6. The molecule has 2 heterocycles. The van der Waals surface area contributed by atoms with Crippen LogP contribution in [0.4, 0.5) is 0 Å². The lowest BCUT2D eigenvalue weighted by molar-refractivity contribution is -0.140. The highest BCUT2D eigenvalue weighted by atomic mass is 16.5. The zero-order chi connectivity index (χ0) is 31.1. The predicted octanol–water partition coefficient (Wildman–Crippen LogP) is 4.90. The van der Waals surface area contributed by atoms with E-state index in [0.29, 0.717) is 67.9 Å². The van der Waals surface area contributed by atoms with Crippen LogP contribution >= 0.6 is 0 Å². The number of carbonyl (C=O) groups excluding carboxylic acids is 2. The zero-order valence-corrected chi connectivity index (χ0v) is 25.2. The van der Waals surface area contributed by atoms with Gasteiger partial charge in [-0.3, -0.25) is 14.5 Å². The lowest BCUT2D eigenvalue weighted by atomic mass is 9.94. The molecule has 2 aliphatic heterocycles. The van der Waals surface area contributed by atoms with Crippen LogP contribution in [-0.4, -0.2) is 79.7 Å². The van der Waals surface area contributed by atoms with Gasteiger partial charge in [-0.2, -0.15) is 0 Å². The number of aryl methyl sites for hydroxylation is 1. The number of methoxy groups -OCH3 is 1. The summed E-state index contributed by atoms with van der Waals surface area (Å²) in [6.45, 7) is 9.82. The van der Waals surface area contributed by atoms with Crippen LogP contribution in [0.5, 0.6) is 17.2 Å². The van der Waals surface area contributed by atoms with Gasteiger partial charge >= 0.3 is 0 Å². The fourth-order valence-corrected chi connectivity index (χ4v) is 5.50. The van der Waals surface area contributed by atoms with Gasteiger partial charge in [0.25, 0.3) is 11.7 Å². The third-order valence-corrected chi connectivity index (χ3v) is 7.85. The van der Waals surface area contributed by atoms with Crippen molar-refractivity contribution < 1.29 is 33.6 Å². The number of rotatable bonds is 12. The van der Waals surface area contributed by atoms with Crippen molar-refractivity contribution in [1.82, 2.24) is 9.80 Å². The average molecular weight is 599 g/mol. The SMILES string of the molecule is C=CCOc1ccc(C(O)=C2C(=O)C(=O)N(CCN3CCOCC3)C2c2ccc(OCc3ccccc3)c(OC)c2)cc1C. The van der Waals surface area contributed by atoms with Crippen LogP contribution in [-0.2, 0) is 20.9 Å². The van der Waals surface area contributed by atoms with Gasteiger partial charge in [0.1, 0.15) is 24.7 Å². The van der Waals surface area contributed by atoms with Gasteiger partial charge in [0.15, 0.2) is 11.5 Å². The van der Waals surface area contributed by atoms with Crippen LogP contribution in [0.25, 0.3) is 5.76 Å². The molecule has 1 N–H and O–H groups in total. The highest BCUT2D eigenvalue weighted by molar-refractivity contribution is 6.46. The second-order valence-electron chi connectivity index (χ2n) is 10.7. The Bertz CT molecular complexity index is 1530. The minimum absolute atomic E-state index is 0.0242. The first-order chi connectivity index (χ1) is 21.4. The van der Waals surface area contributed by atoms with E-state index in [1.54, 1.807) is 43.5 Å². The van der Waals surface area contributed by atoms with Crippen LogP contribution < -0.4 is 14.2 Å². The molecule has 230 valence electrons. The average Bonchev–Trinajstić information content (AvgIpc) is 3.31. The molecular weight excluding hydrogens is 560 g/mol. The van der Waals surface area contributed by atoms with Crippen molar-refractivity contribution in [2.24, 2.45) is 0 Å². The van der Waals surface area contributed by atoms with Crippen molar-refractivity contribution >= 4 is 17.4 Å². The van der Waals surface area contributed by atoms with Crippen LogP contribution in [0.15, 0.2) is 85.0 Å². The number of ether oxygens (including phenoxy) is 4. The molecule has 0 saturated carbocycles. The van der Waals surface area contributed by atoms with Crippen molar-refractivity contribution in [2.75, 3.05) is 53.1 Å². The van der Waals surface area contributed by atoms with Crippen LogP contribution in [0.1, 0.15) is 28.3 Å². The third-order valence-electron chi connectivity index (χ3n) is 7.85. The van der Waals surface area contributed by atoms with Gasteiger partial charge in [-0.15, -0.1) is 0 Å². The van der Waals surface area contributed by atoms with Gasteiger partial charge in [0.05, 0.1) is 31.9 Å². The minimum Gasteiger partial charge on any atom is -0.507 e. The normalized spacial score (nSPS) is 18.3. The van der Waals surface area contributed by atoms with Gasteiger partial charge in [-0.25, -0.2) is 0 Å². The Morgan fingerprint density at radius 3 is 2.43 bits per heavy atom. The summed E-state index contributed by atoms with van der Waals surface area (Å²) in [6, 6.07) is 19.5. The van der Waals surface area contributed by atoms with Gasteiger partial charge in [-0.1, -0.05) is 49.1 Å². The first-order valence-electron chi connectivity index (χ1n) is 14.7. The quantitative estimate of drug-likeness (QED) is 0.136. The Kier molecular flexibility index (Phi) is 9.99. The molecule has 2 aliphatic rings. The fraction of sp³-hybridized carbons (Fsp3) is 0.314. The number of hydrogen-bond acceptors (Lipinski definition) is 8. The minimum atomic E-state index is -0.829. The molecule has 3 aromatic rings. The molecule has 0 aliphatic carbocycles. The number of morpholine rings is 1. The summed E-state index contributed by atoms with van der Waals surface area (Å²) in [7, 11) is 1.54. The molecule has 0 aromatic heterocycles. The molecule has 44 heavy (non-hydrogen) atoms. The highest BCUT2D eigenvalue weighted by Crippen LogP contribution is 2.42. The van der Waals surface area contributed by atoms with Gasteiger partial charge < -0.3 is 29.0 Å². The largest absolute Gasteiger partial charge is 0.507 e. The van der Waals surface area contributed by atoms with Gasteiger partial charge in [-0.05, 0) is 53.9 Å². The Morgan fingerprint density at radius 1 is 0.977 bits per heavy atom. The summed E-state index contributed by atoms with van der Waals surface area (Å²) in [5.41, 5.74) is 2.84. The summed E-state index contributed by atoms with van der Waals surface area (Å²) in [5.74, 6) is -0.0186. The molecule has 1 amide bonds. The van der Waals surface area contributed by atoms with E-state index in [4.69, 9.17) is 18.9 Å². The predicted molar refractivity (Wildman–Crippen MR) is 167 cm³/mol. The van der Waals surface area contributed by atoms with E-state index < -0.39 is 17.7 Å². The molecular formula is C35H38N2O7. The monoisotopic (exact) mass is 598 g/mol. The van der Waals surface area contributed by atoms with E-state index in [-0.39, 0.29) is 11.3 Å². The van der Waals surface area contributed by atoms with Crippen molar-refractivity contribution in [3.63, 3.8) is 0 Å². The maximum Gasteiger partial charge on any atom is 0.295 e. The van der Waals surface area contributed by atoms with Crippen LogP contribution in [0.3, 0.4) is 0 Å². The van der Waals surface area contributed by atoms with Crippen LogP contribution in [0, 0.1) is 6.92 Å². The van der Waals surface area contributed by atoms with Gasteiger partial charge in [0, 0.05) is 31.7 Å². The summed E-state index contributed by atoms with van der Waals surface area (Å²) in [4.78, 5) is 30.9. The van der Waals surface area contributed by atoms with Crippen molar-refractivity contribution in [3.05, 3.63) is 107 Å². The molecule has 0 bridgehead atoms. The third kappa shape index (κ3) is 6.79. The smallest absolute Gasteiger partial charge is 0.295 e. The number of amides is 1. The first kappa shape index (κ1) is 30.8. The lowest BCUT2D eigenvalue weighted by Crippen LogP contribution is -2.42. The molecule has 3 aromatic carbocycles. The number of nitrogens with zero attached hydrogens (tertiary/aromatic N) is 2. The van der Waals surface area contributed by atoms with E-state index in [0.717, 1.165) is 24.2 Å². The van der Waals surface area contributed by atoms with Crippen molar-refractivity contribution in [1.29, 1.82) is 0 Å². The number of hydrogen-bond donors (Lipinski definition) is 1. The molecule has 0 radical (unpaired) electrons. The molecule has 2 saturated heterocycles. The second-order valence-corrected chi connectivity index (χ2v) is 10.7. The summed E-state index contributed by atoms with van der Waals surface area (Å²) in [6.07, 6.45) is 1.65. The van der Waals surface area contributed by atoms with Crippen LogP contribution in [0.2, 0.25) is 0 Å². The topological polar surface area (TPSA) is 97.8 Å². The Labute approximate surface area is 257 Å². The van der Waals surface area contributed by atoms with Gasteiger partial charge in [0.2, 0.25) is 0 Å². The molecule has 0 spiro atoms. The lowest BCUT2D eigenvalue weighted by Gasteiger charge is -2.31. The standard InChI is InChI=1S/C35H38N2O7/c1-4-18-43-28-12-11-27(21-24(28)2)33(38)31-32(37(35(40)34(31)39)15-14-36-16-19-42-20-17-36)26-10-13-29(30(22-26)41-3)44-23-25-8-6-5-7-9-25/h4-13,21-22,32,38H,1,14-20,23H2,2-3H3. The number of carbonyl (C=O) groups is 2. The van der Waals surface area contributed by atoms with E-state index in [2.05, 4.69) is 11.5 Å². The number of aliphatic hydroxyl groups excluding tert-OH is 1. The first-order valence-corrected chi connectivity index (χ1v) is 14.7.